The largest absolute Gasteiger partial charge is 0.312 e. The van der Waals surface area contributed by atoms with Crippen molar-refractivity contribution in [2.45, 2.75) is 53.1 Å². The molecule has 0 radical (unpaired) electrons. The lowest BCUT2D eigenvalue weighted by Gasteiger charge is -2.36. The third-order valence-corrected chi connectivity index (χ3v) is 4.58. The molecule has 0 saturated carbocycles. The zero-order valence-electron chi connectivity index (χ0n) is 13.7. The van der Waals surface area contributed by atoms with E-state index in [0.717, 1.165) is 13.1 Å². The number of nitrogens with zero attached hydrogens (tertiary/aromatic N) is 1. The van der Waals surface area contributed by atoms with Crippen LogP contribution < -0.4 is 5.32 Å². The highest BCUT2D eigenvalue weighted by molar-refractivity contribution is 5.23. The maximum atomic E-state index is 3.73. The van der Waals surface area contributed by atoms with E-state index in [-0.39, 0.29) is 0 Å². The Morgan fingerprint density at radius 1 is 1.20 bits per heavy atom. The molecule has 0 bridgehead atoms. The molecule has 112 valence electrons. The predicted molar refractivity (Wildman–Crippen MR) is 87.0 cm³/mol. The van der Waals surface area contributed by atoms with Gasteiger partial charge in [0.25, 0.3) is 0 Å². The van der Waals surface area contributed by atoms with Gasteiger partial charge in [-0.05, 0) is 37.8 Å². The molecule has 1 heterocycles. The minimum Gasteiger partial charge on any atom is -0.312 e. The molecule has 2 atom stereocenters. The van der Waals surface area contributed by atoms with Gasteiger partial charge in [0.1, 0.15) is 0 Å². The van der Waals surface area contributed by atoms with Crippen LogP contribution in [-0.2, 0) is 0 Å². The highest BCUT2D eigenvalue weighted by atomic mass is 15.2. The molecule has 0 amide bonds. The van der Waals surface area contributed by atoms with E-state index in [1.807, 2.05) is 0 Å². The minimum atomic E-state index is 0.315. The van der Waals surface area contributed by atoms with Crippen LogP contribution in [-0.4, -0.2) is 30.6 Å². The SMILES string of the molecule is Cc1ccc(C(C)N2CCCNC(C(C)(C)C)C2)cc1. The van der Waals surface area contributed by atoms with E-state index in [9.17, 15) is 0 Å². The Hall–Kier alpha value is -0.860. The number of nitrogens with one attached hydrogen (secondary N) is 1. The number of aryl methyl sites for hydroxylation is 1. The first-order chi connectivity index (χ1) is 9.38. The van der Waals surface area contributed by atoms with Crippen molar-refractivity contribution in [3.05, 3.63) is 35.4 Å². The number of rotatable bonds is 2. The lowest BCUT2D eigenvalue weighted by atomic mass is 9.86. The summed E-state index contributed by atoms with van der Waals surface area (Å²) in [6.45, 7) is 15.0. The summed E-state index contributed by atoms with van der Waals surface area (Å²) < 4.78 is 0. The fraction of sp³-hybridized carbons (Fsp3) is 0.667. The van der Waals surface area contributed by atoms with Crippen molar-refractivity contribution in [1.29, 1.82) is 0 Å². The van der Waals surface area contributed by atoms with Gasteiger partial charge in [-0.2, -0.15) is 0 Å². The van der Waals surface area contributed by atoms with Crippen LogP contribution in [0.1, 0.15) is 51.3 Å². The molecule has 0 spiro atoms. The first kappa shape index (κ1) is 15.5. The monoisotopic (exact) mass is 274 g/mol. The zero-order valence-corrected chi connectivity index (χ0v) is 13.7. The average molecular weight is 274 g/mol. The van der Waals surface area contributed by atoms with Gasteiger partial charge in [0.2, 0.25) is 0 Å². The molecule has 1 aliphatic rings. The van der Waals surface area contributed by atoms with Crippen LogP contribution in [0, 0.1) is 12.3 Å². The highest BCUT2D eigenvalue weighted by Gasteiger charge is 2.29. The van der Waals surface area contributed by atoms with Gasteiger partial charge in [-0.25, -0.2) is 0 Å². The quantitative estimate of drug-likeness (QED) is 0.883. The second kappa shape index (κ2) is 6.28. The Morgan fingerprint density at radius 3 is 2.45 bits per heavy atom. The smallest absolute Gasteiger partial charge is 0.0320 e. The van der Waals surface area contributed by atoms with Crippen molar-refractivity contribution in [2.24, 2.45) is 5.41 Å². The Bertz CT molecular complexity index is 416. The normalized spacial score (nSPS) is 23.4. The third kappa shape index (κ3) is 3.83. The van der Waals surface area contributed by atoms with E-state index in [0.29, 0.717) is 17.5 Å². The summed E-state index contributed by atoms with van der Waals surface area (Å²) in [6, 6.07) is 10.1. The van der Waals surface area contributed by atoms with E-state index >= 15 is 0 Å². The van der Waals surface area contributed by atoms with Crippen molar-refractivity contribution in [3.63, 3.8) is 0 Å². The Balaban J connectivity index is 2.11. The summed E-state index contributed by atoms with van der Waals surface area (Å²) in [6.07, 6.45) is 1.24. The van der Waals surface area contributed by atoms with Crippen molar-refractivity contribution < 1.29 is 0 Å². The van der Waals surface area contributed by atoms with E-state index in [1.165, 1.54) is 24.1 Å². The highest BCUT2D eigenvalue weighted by Crippen LogP contribution is 2.27. The van der Waals surface area contributed by atoms with Gasteiger partial charge in [-0.15, -0.1) is 0 Å². The van der Waals surface area contributed by atoms with Gasteiger partial charge in [0.05, 0.1) is 0 Å². The van der Waals surface area contributed by atoms with Crippen LogP contribution in [0.2, 0.25) is 0 Å². The van der Waals surface area contributed by atoms with Gasteiger partial charge in [-0.3, -0.25) is 4.90 Å². The average Bonchev–Trinajstić information content (AvgIpc) is 2.64. The minimum absolute atomic E-state index is 0.315. The molecular weight excluding hydrogens is 244 g/mol. The summed E-state index contributed by atoms with van der Waals surface area (Å²) in [5.74, 6) is 0. The molecule has 0 aromatic heterocycles. The lowest BCUT2D eigenvalue weighted by Crippen LogP contribution is -2.46. The molecule has 1 aromatic carbocycles. The van der Waals surface area contributed by atoms with E-state index in [1.54, 1.807) is 0 Å². The summed E-state index contributed by atoms with van der Waals surface area (Å²) in [5.41, 5.74) is 3.09. The molecule has 1 saturated heterocycles. The molecule has 2 heteroatoms. The van der Waals surface area contributed by atoms with Crippen molar-refractivity contribution in [1.82, 2.24) is 10.2 Å². The van der Waals surface area contributed by atoms with Gasteiger partial charge < -0.3 is 5.32 Å². The molecule has 20 heavy (non-hydrogen) atoms. The topological polar surface area (TPSA) is 15.3 Å². The van der Waals surface area contributed by atoms with Crippen LogP contribution in [0.5, 0.6) is 0 Å². The van der Waals surface area contributed by atoms with Gasteiger partial charge >= 0.3 is 0 Å². The van der Waals surface area contributed by atoms with Crippen molar-refractivity contribution in [2.75, 3.05) is 19.6 Å². The first-order valence-electron chi connectivity index (χ1n) is 7.92. The maximum absolute atomic E-state index is 3.73. The van der Waals surface area contributed by atoms with E-state index < -0.39 is 0 Å². The lowest BCUT2D eigenvalue weighted by molar-refractivity contribution is 0.162. The van der Waals surface area contributed by atoms with E-state index in [4.69, 9.17) is 0 Å². The molecule has 1 fully saturated rings. The fourth-order valence-corrected chi connectivity index (χ4v) is 2.94. The Labute approximate surface area is 124 Å². The predicted octanol–water partition coefficient (Wildman–Crippen LogP) is 3.77. The van der Waals surface area contributed by atoms with Crippen molar-refractivity contribution in [3.8, 4) is 0 Å². The maximum Gasteiger partial charge on any atom is 0.0320 e. The van der Waals surface area contributed by atoms with Crippen LogP contribution in [0.25, 0.3) is 0 Å². The van der Waals surface area contributed by atoms with Crippen LogP contribution >= 0.6 is 0 Å². The van der Waals surface area contributed by atoms with E-state index in [2.05, 4.69) is 69.1 Å². The second-order valence-corrected chi connectivity index (χ2v) is 7.31. The molecule has 0 aliphatic carbocycles. The Kier molecular flexibility index (Phi) is 4.87. The van der Waals surface area contributed by atoms with Gasteiger partial charge in [0.15, 0.2) is 0 Å². The number of hydrogen-bond donors (Lipinski definition) is 1. The van der Waals surface area contributed by atoms with Gasteiger partial charge in [0, 0.05) is 25.2 Å². The molecule has 2 unspecified atom stereocenters. The van der Waals surface area contributed by atoms with Gasteiger partial charge in [-0.1, -0.05) is 50.6 Å². The Morgan fingerprint density at radius 2 is 1.85 bits per heavy atom. The molecule has 2 nitrogen and oxygen atoms in total. The standard InChI is InChI=1S/C18H30N2/c1-14-7-9-16(10-8-14)15(2)20-12-6-11-19-17(13-20)18(3,4)5/h7-10,15,17,19H,6,11-13H2,1-5H3. The molecular formula is C18H30N2. The summed E-state index contributed by atoms with van der Waals surface area (Å²) >= 11 is 0. The van der Waals surface area contributed by atoms with Crippen LogP contribution in [0.15, 0.2) is 24.3 Å². The molecule has 1 aliphatic heterocycles. The molecule has 2 rings (SSSR count). The molecule has 1 aromatic rings. The summed E-state index contributed by atoms with van der Waals surface area (Å²) in [5, 5.41) is 3.73. The third-order valence-electron chi connectivity index (χ3n) is 4.58. The first-order valence-corrected chi connectivity index (χ1v) is 7.92. The fourth-order valence-electron chi connectivity index (χ4n) is 2.94. The van der Waals surface area contributed by atoms with Crippen LogP contribution in [0.3, 0.4) is 0 Å². The van der Waals surface area contributed by atoms with Crippen molar-refractivity contribution >= 4 is 0 Å². The number of hydrogen-bond acceptors (Lipinski definition) is 2. The number of benzene rings is 1. The van der Waals surface area contributed by atoms with Crippen LogP contribution in [0.4, 0.5) is 0 Å². The second-order valence-electron chi connectivity index (χ2n) is 7.31. The summed E-state index contributed by atoms with van der Waals surface area (Å²) in [4.78, 5) is 2.64. The molecule has 1 N–H and O–H groups in total. The zero-order chi connectivity index (χ0) is 14.8. The summed E-state index contributed by atoms with van der Waals surface area (Å²) in [7, 11) is 0.